The maximum atomic E-state index is 3.78. The van der Waals surface area contributed by atoms with E-state index in [0.717, 1.165) is 5.92 Å². The Labute approximate surface area is 154 Å². The fraction of sp³-hybridized carbons (Fsp3) is 0.917. The molecule has 0 rings (SSSR count). The molecule has 0 nitrogen and oxygen atoms in total. The van der Waals surface area contributed by atoms with E-state index in [2.05, 4.69) is 26.5 Å². The number of rotatable bonds is 20. The van der Waals surface area contributed by atoms with E-state index in [0.29, 0.717) is 0 Å². The van der Waals surface area contributed by atoms with Gasteiger partial charge in [-0.1, -0.05) is 129 Å². The molecule has 0 saturated heterocycles. The summed E-state index contributed by atoms with van der Waals surface area (Å²) in [5.41, 5.74) is 0. The van der Waals surface area contributed by atoms with Crippen LogP contribution >= 0.6 is 0 Å². The summed E-state index contributed by atoms with van der Waals surface area (Å²) in [6, 6.07) is 0. The molecule has 0 aromatic carbocycles. The third kappa shape index (κ3) is 19.8. The van der Waals surface area contributed by atoms with Gasteiger partial charge >= 0.3 is 0 Å². The van der Waals surface area contributed by atoms with Crippen molar-refractivity contribution in [2.45, 2.75) is 136 Å². The Hall–Kier alpha value is -0.260. The van der Waals surface area contributed by atoms with E-state index >= 15 is 0 Å². The average molecular weight is 337 g/mol. The summed E-state index contributed by atoms with van der Waals surface area (Å²) in [6.07, 6.45) is 29.3. The highest BCUT2D eigenvalue weighted by atomic mass is 14.1. The van der Waals surface area contributed by atoms with Gasteiger partial charge in [-0.25, -0.2) is 0 Å². The van der Waals surface area contributed by atoms with Gasteiger partial charge < -0.3 is 0 Å². The summed E-state index contributed by atoms with van der Waals surface area (Å²) < 4.78 is 0. The lowest BCUT2D eigenvalue weighted by Gasteiger charge is -2.11. The highest BCUT2D eigenvalue weighted by Gasteiger charge is 2.02. The summed E-state index contributed by atoms with van der Waals surface area (Å²) in [4.78, 5) is 0. The van der Waals surface area contributed by atoms with Gasteiger partial charge in [0.25, 0.3) is 0 Å². The van der Waals surface area contributed by atoms with Crippen LogP contribution in [0.5, 0.6) is 0 Å². The maximum absolute atomic E-state index is 3.78. The number of allylic oxidation sites excluding steroid dienone is 1. The SMILES string of the molecule is C=CCCCCCCCCCCCC(C)CCCCCCCCC. The topological polar surface area (TPSA) is 0 Å². The lowest BCUT2D eigenvalue weighted by molar-refractivity contribution is 0.430. The summed E-state index contributed by atoms with van der Waals surface area (Å²) in [7, 11) is 0. The summed E-state index contributed by atoms with van der Waals surface area (Å²) in [5.74, 6) is 0.963. The van der Waals surface area contributed by atoms with E-state index in [9.17, 15) is 0 Å². The molecule has 0 amide bonds. The second kappa shape index (κ2) is 20.8. The molecule has 1 atom stereocenters. The van der Waals surface area contributed by atoms with Crippen molar-refractivity contribution in [3.8, 4) is 0 Å². The molecule has 144 valence electrons. The normalized spacial score (nSPS) is 12.4. The van der Waals surface area contributed by atoms with Gasteiger partial charge in [-0.3, -0.25) is 0 Å². The average Bonchev–Trinajstić information content (AvgIpc) is 2.59. The lowest BCUT2D eigenvalue weighted by atomic mass is 9.96. The molecule has 0 radical (unpaired) electrons. The van der Waals surface area contributed by atoms with Crippen molar-refractivity contribution in [3.63, 3.8) is 0 Å². The van der Waals surface area contributed by atoms with Gasteiger partial charge in [-0.05, 0) is 18.8 Å². The third-order valence-electron chi connectivity index (χ3n) is 5.41. The van der Waals surface area contributed by atoms with Crippen molar-refractivity contribution in [2.24, 2.45) is 5.92 Å². The molecule has 0 heterocycles. The van der Waals surface area contributed by atoms with Gasteiger partial charge in [0.2, 0.25) is 0 Å². The minimum absolute atomic E-state index is 0.963. The molecule has 0 aliphatic rings. The molecule has 0 aliphatic heterocycles. The molecule has 0 fully saturated rings. The van der Waals surface area contributed by atoms with Gasteiger partial charge in [-0.15, -0.1) is 6.58 Å². The molecule has 0 saturated carbocycles. The zero-order chi connectivity index (χ0) is 17.7. The first kappa shape index (κ1) is 23.7. The smallest absolute Gasteiger partial charge is 0.0353 e. The Morgan fingerprint density at radius 3 is 1.38 bits per heavy atom. The van der Waals surface area contributed by atoms with E-state index in [1.807, 2.05) is 0 Å². The Morgan fingerprint density at radius 2 is 0.958 bits per heavy atom. The minimum Gasteiger partial charge on any atom is -0.103 e. The first-order chi connectivity index (χ1) is 11.8. The third-order valence-corrected chi connectivity index (χ3v) is 5.41. The molecule has 0 N–H and O–H groups in total. The first-order valence-corrected chi connectivity index (χ1v) is 11.4. The van der Waals surface area contributed by atoms with Crippen LogP contribution in [0.3, 0.4) is 0 Å². The van der Waals surface area contributed by atoms with Crippen LogP contribution in [0.4, 0.5) is 0 Å². The van der Waals surface area contributed by atoms with Gasteiger partial charge in [-0.2, -0.15) is 0 Å². The van der Waals surface area contributed by atoms with E-state index < -0.39 is 0 Å². The molecule has 0 spiro atoms. The first-order valence-electron chi connectivity index (χ1n) is 11.4. The molecule has 24 heavy (non-hydrogen) atoms. The molecule has 0 heteroatoms. The van der Waals surface area contributed by atoms with Gasteiger partial charge in [0.1, 0.15) is 0 Å². The molecular weight excluding hydrogens is 288 g/mol. The fourth-order valence-corrected chi connectivity index (χ4v) is 3.61. The van der Waals surface area contributed by atoms with Crippen LogP contribution in [-0.2, 0) is 0 Å². The van der Waals surface area contributed by atoms with E-state index in [-0.39, 0.29) is 0 Å². The molecule has 0 aliphatic carbocycles. The van der Waals surface area contributed by atoms with Crippen molar-refractivity contribution < 1.29 is 0 Å². The van der Waals surface area contributed by atoms with Crippen LogP contribution in [0.15, 0.2) is 12.7 Å². The van der Waals surface area contributed by atoms with Crippen molar-refractivity contribution in [1.29, 1.82) is 0 Å². The zero-order valence-corrected chi connectivity index (χ0v) is 17.3. The van der Waals surface area contributed by atoms with Crippen molar-refractivity contribution in [3.05, 3.63) is 12.7 Å². The van der Waals surface area contributed by atoms with Crippen LogP contribution in [-0.4, -0.2) is 0 Å². The molecule has 1 unspecified atom stereocenters. The number of unbranched alkanes of at least 4 members (excludes halogenated alkanes) is 15. The summed E-state index contributed by atoms with van der Waals surface area (Å²) in [6.45, 7) is 8.55. The Balaban J connectivity index is 3.12. The highest BCUT2D eigenvalue weighted by molar-refractivity contribution is 4.65. The standard InChI is InChI=1S/C24H48/c1-4-6-8-10-12-13-14-15-17-19-21-23-24(3)22-20-18-16-11-9-7-5-2/h4,24H,1,5-23H2,2-3H3. The number of hydrogen-bond acceptors (Lipinski definition) is 0. The van der Waals surface area contributed by atoms with Crippen molar-refractivity contribution >= 4 is 0 Å². The van der Waals surface area contributed by atoms with Crippen LogP contribution in [0, 0.1) is 5.92 Å². The highest BCUT2D eigenvalue weighted by Crippen LogP contribution is 2.19. The van der Waals surface area contributed by atoms with Crippen LogP contribution in [0.25, 0.3) is 0 Å². The minimum atomic E-state index is 0.963. The zero-order valence-electron chi connectivity index (χ0n) is 17.3. The van der Waals surface area contributed by atoms with Gasteiger partial charge in [0.05, 0.1) is 0 Å². The molecule has 0 aromatic rings. The Kier molecular flexibility index (Phi) is 20.6. The summed E-state index contributed by atoms with van der Waals surface area (Å²) >= 11 is 0. The van der Waals surface area contributed by atoms with Gasteiger partial charge in [0.15, 0.2) is 0 Å². The van der Waals surface area contributed by atoms with Crippen molar-refractivity contribution in [2.75, 3.05) is 0 Å². The predicted molar refractivity (Wildman–Crippen MR) is 113 cm³/mol. The molecule has 0 bridgehead atoms. The fourth-order valence-electron chi connectivity index (χ4n) is 3.61. The quantitative estimate of drug-likeness (QED) is 0.153. The molecule has 0 aromatic heterocycles. The van der Waals surface area contributed by atoms with Gasteiger partial charge in [0, 0.05) is 0 Å². The Bertz CT molecular complexity index is 230. The van der Waals surface area contributed by atoms with Crippen molar-refractivity contribution in [1.82, 2.24) is 0 Å². The van der Waals surface area contributed by atoms with E-state index in [1.165, 1.54) is 122 Å². The largest absolute Gasteiger partial charge is 0.103 e. The van der Waals surface area contributed by atoms with E-state index in [4.69, 9.17) is 0 Å². The Morgan fingerprint density at radius 1 is 0.583 bits per heavy atom. The molecular formula is C24H48. The monoisotopic (exact) mass is 336 g/mol. The second-order valence-electron chi connectivity index (χ2n) is 8.06. The van der Waals surface area contributed by atoms with Crippen LogP contribution < -0.4 is 0 Å². The van der Waals surface area contributed by atoms with Crippen LogP contribution in [0.2, 0.25) is 0 Å². The lowest BCUT2D eigenvalue weighted by Crippen LogP contribution is -1.95. The van der Waals surface area contributed by atoms with E-state index in [1.54, 1.807) is 0 Å². The maximum Gasteiger partial charge on any atom is -0.0353 e. The second-order valence-corrected chi connectivity index (χ2v) is 8.06. The van der Waals surface area contributed by atoms with Crippen LogP contribution in [0.1, 0.15) is 136 Å². The predicted octanol–water partition coefficient (Wildman–Crippen LogP) is 9.24. The number of hydrogen-bond donors (Lipinski definition) is 0. The summed E-state index contributed by atoms with van der Waals surface area (Å²) in [5, 5.41) is 0.